The third kappa shape index (κ3) is 3.05. The van der Waals surface area contributed by atoms with Gasteiger partial charge in [-0.25, -0.2) is 0 Å². The number of methoxy groups -OCH3 is 1. The molecule has 0 saturated carbocycles. The van der Waals surface area contributed by atoms with Crippen LogP contribution in [0.1, 0.15) is 21.8 Å². The lowest BCUT2D eigenvalue weighted by Crippen LogP contribution is -2.34. The second-order valence-corrected chi connectivity index (χ2v) is 5.40. The number of aryl methyl sites for hydroxylation is 1. The van der Waals surface area contributed by atoms with Crippen LogP contribution in [0.4, 0.5) is 0 Å². The first-order chi connectivity index (χ1) is 10.7. The molecule has 2 heterocycles. The highest BCUT2D eigenvalue weighted by Gasteiger charge is 2.22. The van der Waals surface area contributed by atoms with Gasteiger partial charge in [-0.15, -0.1) is 0 Å². The van der Waals surface area contributed by atoms with Crippen molar-refractivity contribution in [3.63, 3.8) is 0 Å². The molecule has 116 valence electrons. The molecule has 1 aliphatic rings. The Kier molecular flexibility index (Phi) is 4.00. The molecule has 6 heteroatoms. The molecule has 0 saturated heterocycles. The van der Waals surface area contributed by atoms with Crippen LogP contribution in [0.2, 0.25) is 0 Å². The Morgan fingerprint density at radius 3 is 3.05 bits per heavy atom. The summed E-state index contributed by atoms with van der Waals surface area (Å²) in [5.74, 6) is 1.85. The molecule has 0 bridgehead atoms. The van der Waals surface area contributed by atoms with E-state index in [9.17, 15) is 4.79 Å². The molecule has 1 aliphatic heterocycles. The van der Waals surface area contributed by atoms with E-state index in [1.54, 1.807) is 20.1 Å². The van der Waals surface area contributed by atoms with E-state index in [4.69, 9.17) is 14.0 Å². The molecular formula is C16H18N2O4. The summed E-state index contributed by atoms with van der Waals surface area (Å²) in [5, 5.41) is 6.56. The lowest BCUT2D eigenvalue weighted by atomic mass is 9.96. The number of ether oxygens (including phenoxy) is 2. The third-order valence-electron chi connectivity index (χ3n) is 3.66. The number of nitrogens with zero attached hydrogens (tertiary/aromatic N) is 1. The second-order valence-electron chi connectivity index (χ2n) is 5.40. The summed E-state index contributed by atoms with van der Waals surface area (Å²) in [6, 6.07) is 7.43. The Hall–Kier alpha value is -2.50. The summed E-state index contributed by atoms with van der Waals surface area (Å²) < 4.78 is 15.9. The van der Waals surface area contributed by atoms with Gasteiger partial charge < -0.3 is 19.3 Å². The predicted octanol–water partition coefficient (Wildman–Crippen LogP) is 1.97. The van der Waals surface area contributed by atoms with Crippen molar-refractivity contribution in [1.29, 1.82) is 0 Å². The van der Waals surface area contributed by atoms with Crippen molar-refractivity contribution in [2.24, 2.45) is 5.92 Å². The van der Waals surface area contributed by atoms with Gasteiger partial charge in [-0.1, -0.05) is 11.2 Å². The molecule has 1 aromatic heterocycles. The number of hydrogen-bond acceptors (Lipinski definition) is 5. The molecule has 1 atom stereocenters. The number of benzene rings is 1. The first kappa shape index (κ1) is 14.4. The van der Waals surface area contributed by atoms with Gasteiger partial charge in [-0.2, -0.15) is 0 Å². The van der Waals surface area contributed by atoms with Crippen LogP contribution >= 0.6 is 0 Å². The Bertz CT molecular complexity index is 681. The van der Waals surface area contributed by atoms with E-state index in [1.807, 2.05) is 18.2 Å². The van der Waals surface area contributed by atoms with Gasteiger partial charge in [0.1, 0.15) is 11.5 Å². The van der Waals surface area contributed by atoms with E-state index >= 15 is 0 Å². The molecule has 0 radical (unpaired) electrons. The molecule has 1 aromatic carbocycles. The minimum atomic E-state index is -0.249. The number of aromatic nitrogens is 1. The Labute approximate surface area is 128 Å². The van der Waals surface area contributed by atoms with Crippen LogP contribution in [-0.4, -0.2) is 31.3 Å². The maximum Gasteiger partial charge on any atom is 0.289 e. The standard InChI is InChI=1S/C16H18N2O4/c1-10-5-15(22-18-10)16(19)17-8-11-6-12-3-4-13(20-2)7-14(12)21-9-11/h3-5,7,11H,6,8-9H2,1-2H3,(H,17,19)/t11-/m0/s1. The molecule has 6 nitrogen and oxygen atoms in total. The lowest BCUT2D eigenvalue weighted by molar-refractivity contribution is 0.0902. The number of nitrogens with one attached hydrogen (secondary N) is 1. The largest absolute Gasteiger partial charge is 0.497 e. The summed E-state index contributed by atoms with van der Waals surface area (Å²) in [6.07, 6.45) is 0.856. The fraction of sp³-hybridized carbons (Fsp3) is 0.375. The maximum absolute atomic E-state index is 11.9. The molecule has 1 N–H and O–H groups in total. The zero-order valence-electron chi connectivity index (χ0n) is 12.6. The van der Waals surface area contributed by atoms with Crippen molar-refractivity contribution in [3.8, 4) is 11.5 Å². The smallest absolute Gasteiger partial charge is 0.289 e. The first-order valence-corrected chi connectivity index (χ1v) is 7.17. The van der Waals surface area contributed by atoms with Crippen molar-refractivity contribution in [1.82, 2.24) is 10.5 Å². The third-order valence-corrected chi connectivity index (χ3v) is 3.66. The Morgan fingerprint density at radius 2 is 2.32 bits per heavy atom. The van der Waals surface area contributed by atoms with Gasteiger partial charge in [0.25, 0.3) is 5.91 Å². The number of carbonyl (C=O) groups excluding carboxylic acids is 1. The molecular weight excluding hydrogens is 284 g/mol. The van der Waals surface area contributed by atoms with E-state index in [0.29, 0.717) is 18.8 Å². The van der Waals surface area contributed by atoms with Crippen LogP contribution in [-0.2, 0) is 6.42 Å². The normalized spacial score (nSPS) is 16.5. The van der Waals surface area contributed by atoms with Crippen LogP contribution < -0.4 is 14.8 Å². The summed E-state index contributed by atoms with van der Waals surface area (Å²) >= 11 is 0. The van der Waals surface area contributed by atoms with Crippen LogP contribution in [0.15, 0.2) is 28.8 Å². The van der Waals surface area contributed by atoms with Crippen molar-refractivity contribution >= 4 is 5.91 Å². The van der Waals surface area contributed by atoms with E-state index in [0.717, 1.165) is 23.5 Å². The molecule has 2 aromatic rings. The highest BCUT2D eigenvalue weighted by molar-refractivity contribution is 5.91. The number of fused-ring (bicyclic) bond motifs is 1. The number of rotatable bonds is 4. The number of hydrogen-bond donors (Lipinski definition) is 1. The van der Waals surface area contributed by atoms with Crippen LogP contribution in [0.3, 0.4) is 0 Å². The zero-order chi connectivity index (χ0) is 15.5. The predicted molar refractivity (Wildman–Crippen MR) is 79.3 cm³/mol. The summed E-state index contributed by atoms with van der Waals surface area (Å²) in [6.45, 7) is 2.88. The van der Waals surface area contributed by atoms with Crippen LogP contribution in [0, 0.1) is 12.8 Å². The van der Waals surface area contributed by atoms with Gasteiger partial charge in [0.05, 0.1) is 19.4 Å². The fourth-order valence-corrected chi connectivity index (χ4v) is 2.47. The van der Waals surface area contributed by atoms with Crippen molar-refractivity contribution in [3.05, 3.63) is 41.3 Å². The lowest BCUT2D eigenvalue weighted by Gasteiger charge is -2.25. The van der Waals surface area contributed by atoms with Gasteiger partial charge in [-0.05, 0) is 25.0 Å². The molecule has 1 amide bonds. The van der Waals surface area contributed by atoms with Crippen molar-refractivity contribution < 1.29 is 18.8 Å². The number of carbonyl (C=O) groups is 1. The molecule has 0 spiro atoms. The Morgan fingerprint density at radius 1 is 1.45 bits per heavy atom. The second kappa shape index (κ2) is 6.09. The quantitative estimate of drug-likeness (QED) is 0.934. The first-order valence-electron chi connectivity index (χ1n) is 7.17. The molecule has 0 unspecified atom stereocenters. The fourth-order valence-electron chi connectivity index (χ4n) is 2.47. The van der Waals surface area contributed by atoms with E-state index < -0.39 is 0 Å². The van der Waals surface area contributed by atoms with E-state index in [1.165, 1.54) is 0 Å². The van der Waals surface area contributed by atoms with Gasteiger partial charge in [0, 0.05) is 24.6 Å². The monoisotopic (exact) mass is 302 g/mol. The van der Waals surface area contributed by atoms with Gasteiger partial charge in [0.2, 0.25) is 5.76 Å². The minimum absolute atomic E-state index is 0.230. The van der Waals surface area contributed by atoms with Crippen molar-refractivity contribution in [2.45, 2.75) is 13.3 Å². The topological polar surface area (TPSA) is 73.6 Å². The van der Waals surface area contributed by atoms with Crippen LogP contribution in [0.5, 0.6) is 11.5 Å². The number of amides is 1. The molecule has 22 heavy (non-hydrogen) atoms. The molecule has 3 rings (SSSR count). The summed E-state index contributed by atoms with van der Waals surface area (Å²) in [7, 11) is 1.63. The summed E-state index contributed by atoms with van der Waals surface area (Å²) in [5.41, 5.74) is 1.82. The van der Waals surface area contributed by atoms with E-state index in [-0.39, 0.29) is 17.6 Å². The van der Waals surface area contributed by atoms with Gasteiger partial charge in [0.15, 0.2) is 0 Å². The average Bonchev–Trinajstić information content (AvgIpc) is 2.98. The van der Waals surface area contributed by atoms with E-state index in [2.05, 4.69) is 10.5 Å². The highest BCUT2D eigenvalue weighted by Crippen LogP contribution is 2.30. The highest BCUT2D eigenvalue weighted by atomic mass is 16.5. The van der Waals surface area contributed by atoms with Gasteiger partial charge >= 0.3 is 0 Å². The zero-order valence-corrected chi connectivity index (χ0v) is 12.6. The van der Waals surface area contributed by atoms with Crippen molar-refractivity contribution in [2.75, 3.05) is 20.3 Å². The van der Waals surface area contributed by atoms with Gasteiger partial charge in [-0.3, -0.25) is 4.79 Å². The maximum atomic E-state index is 11.9. The minimum Gasteiger partial charge on any atom is -0.497 e. The Balaban J connectivity index is 1.57. The van der Waals surface area contributed by atoms with Crippen LogP contribution in [0.25, 0.3) is 0 Å². The SMILES string of the molecule is COc1ccc2c(c1)OC[C@H](CNC(=O)c1cc(C)no1)C2. The molecule has 0 aliphatic carbocycles. The molecule has 0 fully saturated rings. The summed E-state index contributed by atoms with van der Waals surface area (Å²) in [4.78, 5) is 11.9. The average molecular weight is 302 g/mol.